The summed E-state index contributed by atoms with van der Waals surface area (Å²) in [6, 6.07) is 5.27. The quantitative estimate of drug-likeness (QED) is 0.670. The first-order valence-corrected chi connectivity index (χ1v) is 8.31. The van der Waals surface area contributed by atoms with E-state index in [0.29, 0.717) is 16.5 Å². The van der Waals surface area contributed by atoms with Gasteiger partial charge in [0.25, 0.3) is 0 Å². The van der Waals surface area contributed by atoms with Gasteiger partial charge in [-0.1, -0.05) is 17.7 Å². The molecule has 17 heavy (non-hydrogen) atoms. The Morgan fingerprint density at radius 2 is 2.06 bits per heavy atom. The molecule has 0 spiro atoms. The maximum atomic E-state index is 11.6. The van der Waals surface area contributed by atoms with Crippen LogP contribution in [-0.4, -0.2) is 25.2 Å². The Labute approximate surface area is 112 Å². The van der Waals surface area contributed by atoms with Crippen molar-refractivity contribution in [1.29, 1.82) is 0 Å². The fraction of sp³-hybridized carbons (Fsp3) is 0.455. The summed E-state index contributed by atoms with van der Waals surface area (Å²) in [6.07, 6.45) is 0. The van der Waals surface area contributed by atoms with Gasteiger partial charge < -0.3 is 5.73 Å². The van der Waals surface area contributed by atoms with Crippen molar-refractivity contribution >= 4 is 38.9 Å². The van der Waals surface area contributed by atoms with Crippen LogP contribution in [0.25, 0.3) is 0 Å². The van der Waals surface area contributed by atoms with Crippen LogP contribution in [0.4, 0.5) is 5.69 Å². The van der Waals surface area contributed by atoms with Crippen LogP contribution in [0.1, 0.15) is 13.8 Å². The molecule has 0 aliphatic heterocycles. The van der Waals surface area contributed by atoms with Crippen molar-refractivity contribution in [2.24, 2.45) is 0 Å². The Kier molecular flexibility index (Phi) is 5.16. The number of nitrogen functional groups attached to an aromatic ring is 1. The summed E-state index contributed by atoms with van der Waals surface area (Å²) in [4.78, 5) is 0.758. The third kappa shape index (κ3) is 4.08. The van der Waals surface area contributed by atoms with E-state index < -0.39 is 9.84 Å². The number of anilines is 1. The molecule has 96 valence electrons. The molecule has 0 radical (unpaired) electrons. The minimum Gasteiger partial charge on any atom is -0.398 e. The van der Waals surface area contributed by atoms with Crippen LogP contribution >= 0.6 is 23.4 Å². The number of sulfone groups is 1. The smallest absolute Gasteiger partial charge is 0.153 e. The van der Waals surface area contributed by atoms with Crippen LogP contribution in [-0.2, 0) is 9.84 Å². The molecule has 0 bridgehead atoms. The first kappa shape index (κ1) is 14.7. The van der Waals surface area contributed by atoms with Gasteiger partial charge in [0.1, 0.15) is 0 Å². The summed E-state index contributed by atoms with van der Waals surface area (Å²) in [5.74, 6) is 0.606. The van der Waals surface area contributed by atoms with E-state index in [1.807, 2.05) is 0 Å². The second kappa shape index (κ2) is 5.98. The van der Waals surface area contributed by atoms with Crippen molar-refractivity contribution in [1.82, 2.24) is 0 Å². The number of nitrogens with two attached hydrogens (primary N) is 1. The predicted octanol–water partition coefficient (Wildman–Crippen LogP) is 2.84. The average molecular weight is 294 g/mol. The van der Waals surface area contributed by atoms with Crippen molar-refractivity contribution in [3.05, 3.63) is 23.2 Å². The number of rotatable bonds is 5. The molecule has 0 saturated heterocycles. The van der Waals surface area contributed by atoms with Gasteiger partial charge in [0.2, 0.25) is 0 Å². The zero-order valence-corrected chi connectivity index (χ0v) is 12.2. The van der Waals surface area contributed by atoms with Gasteiger partial charge in [-0.15, -0.1) is 11.8 Å². The number of benzene rings is 1. The Morgan fingerprint density at radius 3 is 2.59 bits per heavy atom. The highest BCUT2D eigenvalue weighted by molar-refractivity contribution is 8.01. The zero-order valence-electron chi connectivity index (χ0n) is 9.81. The van der Waals surface area contributed by atoms with Crippen LogP contribution in [0, 0.1) is 0 Å². The van der Waals surface area contributed by atoms with E-state index >= 15 is 0 Å². The highest BCUT2D eigenvalue weighted by atomic mass is 35.5. The number of halogens is 1. The van der Waals surface area contributed by atoms with Gasteiger partial charge in [0.05, 0.1) is 16.0 Å². The molecule has 0 fully saturated rings. The van der Waals surface area contributed by atoms with E-state index in [1.165, 1.54) is 11.8 Å². The van der Waals surface area contributed by atoms with Crippen molar-refractivity contribution < 1.29 is 8.42 Å². The molecule has 3 nitrogen and oxygen atoms in total. The minimum absolute atomic E-state index is 0.139. The molecule has 2 N–H and O–H groups in total. The number of hydrogen-bond acceptors (Lipinski definition) is 4. The summed E-state index contributed by atoms with van der Waals surface area (Å²) in [6.45, 7) is 3.37. The standard InChI is InChI=1S/C11H16ClNO2S2/c1-8(2)17(14,15)7-6-16-11-9(12)4-3-5-10(11)13/h3-5,8H,6-7,13H2,1-2H3. The second-order valence-corrected chi connectivity index (χ2v) is 8.11. The van der Waals surface area contributed by atoms with E-state index in [0.717, 1.165) is 4.90 Å². The van der Waals surface area contributed by atoms with Crippen LogP contribution in [0.3, 0.4) is 0 Å². The highest BCUT2D eigenvalue weighted by Gasteiger charge is 2.16. The average Bonchev–Trinajstić information content (AvgIpc) is 2.22. The number of thioether (sulfide) groups is 1. The molecule has 0 saturated carbocycles. The molecule has 1 rings (SSSR count). The first-order chi connectivity index (χ1) is 7.84. The third-order valence-corrected chi connectivity index (χ3v) is 6.38. The van der Waals surface area contributed by atoms with E-state index in [4.69, 9.17) is 17.3 Å². The van der Waals surface area contributed by atoms with E-state index in [9.17, 15) is 8.42 Å². The van der Waals surface area contributed by atoms with Crippen LogP contribution in [0.5, 0.6) is 0 Å². The number of hydrogen-bond donors (Lipinski definition) is 1. The van der Waals surface area contributed by atoms with Crippen molar-refractivity contribution in [3.8, 4) is 0 Å². The largest absolute Gasteiger partial charge is 0.398 e. The Hall–Kier alpha value is -0.390. The molecule has 6 heteroatoms. The normalized spacial score (nSPS) is 12.0. The fourth-order valence-corrected chi connectivity index (χ4v) is 3.90. The summed E-state index contributed by atoms with van der Waals surface area (Å²) < 4.78 is 23.2. The molecule has 0 aliphatic rings. The lowest BCUT2D eigenvalue weighted by atomic mass is 10.3. The van der Waals surface area contributed by atoms with Gasteiger partial charge in [0.15, 0.2) is 9.84 Å². The van der Waals surface area contributed by atoms with Crippen LogP contribution < -0.4 is 5.73 Å². The van der Waals surface area contributed by atoms with Gasteiger partial charge in [0, 0.05) is 16.3 Å². The fourth-order valence-electron chi connectivity index (χ4n) is 1.17. The lowest BCUT2D eigenvalue weighted by molar-refractivity contribution is 0.589. The molecule has 0 aromatic heterocycles. The predicted molar refractivity (Wildman–Crippen MR) is 75.5 cm³/mol. The van der Waals surface area contributed by atoms with Gasteiger partial charge in [-0.25, -0.2) is 8.42 Å². The highest BCUT2D eigenvalue weighted by Crippen LogP contribution is 2.32. The molecule has 0 unspecified atom stereocenters. The van der Waals surface area contributed by atoms with Crippen molar-refractivity contribution in [3.63, 3.8) is 0 Å². The van der Waals surface area contributed by atoms with Gasteiger partial charge in [-0.3, -0.25) is 0 Å². The van der Waals surface area contributed by atoms with E-state index in [2.05, 4.69) is 0 Å². The lowest BCUT2D eigenvalue weighted by Crippen LogP contribution is -2.19. The van der Waals surface area contributed by atoms with Gasteiger partial charge in [-0.2, -0.15) is 0 Å². The summed E-state index contributed by atoms with van der Waals surface area (Å²) in [5.41, 5.74) is 6.36. The van der Waals surface area contributed by atoms with E-state index in [-0.39, 0.29) is 11.0 Å². The molecule has 0 atom stereocenters. The molecule has 0 aliphatic carbocycles. The molecule has 0 amide bonds. The first-order valence-electron chi connectivity index (χ1n) is 5.23. The Balaban J connectivity index is 2.64. The van der Waals surface area contributed by atoms with Crippen molar-refractivity contribution in [2.45, 2.75) is 24.0 Å². The maximum absolute atomic E-state index is 11.6. The molecular formula is C11H16ClNO2S2. The summed E-state index contributed by atoms with van der Waals surface area (Å²) in [7, 11) is -3.00. The Bertz CT molecular complexity index is 466. The SMILES string of the molecule is CC(C)S(=O)(=O)CCSc1c(N)cccc1Cl. The third-order valence-electron chi connectivity index (χ3n) is 2.33. The summed E-state index contributed by atoms with van der Waals surface area (Å²) >= 11 is 7.37. The topological polar surface area (TPSA) is 60.2 Å². The van der Waals surface area contributed by atoms with Gasteiger partial charge >= 0.3 is 0 Å². The van der Waals surface area contributed by atoms with Crippen LogP contribution in [0.2, 0.25) is 5.02 Å². The van der Waals surface area contributed by atoms with Crippen molar-refractivity contribution in [2.75, 3.05) is 17.2 Å². The lowest BCUT2D eigenvalue weighted by Gasteiger charge is -2.09. The molecule has 1 aromatic rings. The summed E-state index contributed by atoms with van der Waals surface area (Å²) in [5, 5.41) is 0.226. The van der Waals surface area contributed by atoms with E-state index in [1.54, 1.807) is 32.0 Å². The second-order valence-electron chi connectivity index (χ2n) is 3.92. The maximum Gasteiger partial charge on any atom is 0.153 e. The molecular weight excluding hydrogens is 278 g/mol. The van der Waals surface area contributed by atoms with Crippen LogP contribution in [0.15, 0.2) is 23.1 Å². The van der Waals surface area contributed by atoms with Gasteiger partial charge in [-0.05, 0) is 26.0 Å². The molecule has 0 heterocycles. The molecule has 1 aromatic carbocycles. The Morgan fingerprint density at radius 1 is 1.41 bits per heavy atom. The minimum atomic E-state index is -3.00. The zero-order chi connectivity index (χ0) is 13.1. The monoisotopic (exact) mass is 293 g/mol.